The minimum atomic E-state index is -0.0194. The van der Waals surface area contributed by atoms with E-state index in [0.717, 1.165) is 20.9 Å². The Morgan fingerprint density at radius 2 is 2.22 bits per heavy atom. The van der Waals surface area contributed by atoms with Gasteiger partial charge in [0, 0.05) is 28.6 Å². The number of aromatic nitrogens is 3. The van der Waals surface area contributed by atoms with Crippen molar-refractivity contribution < 1.29 is 4.79 Å². The third-order valence-electron chi connectivity index (χ3n) is 3.44. The summed E-state index contributed by atoms with van der Waals surface area (Å²) in [5.41, 5.74) is 1.95. The first-order valence-electron chi connectivity index (χ1n) is 7.18. The van der Waals surface area contributed by atoms with Crippen molar-refractivity contribution in [2.75, 3.05) is 11.1 Å². The molecule has 0 aliphatic carbocycles. The summed E-state index contributed by atoms with van der Waals surface area (Å²) < 4.78 is 0. The van der Waals surface area contributed by atoms with Gasteiger partial charge in [0.2, 0.25) is 5.91 Å². The lowest BCUT2D eigenvalue weighted by molar-refractivity contribution is -0.115. The first-order chi connectivity index (χ1) is 11.1. The standard InChI is InChI=1S/C16H16N4OS2/c1-10-11(2)23-16-14(10)15(18-9-19-16)22-7-5-13(21)20-12-4-3-6-17-8-12/h3-4,6,8-9H,5,7H2,1-2H3,(H,20,21). The number of aryl methyl sites for hydroxylation is 2. The van der Waals surface area contributed by atoms with Gasteiger partial charge < -0.3 is 5.32 Å². The molecule has 3 heterocycles. The van der Waals surface area contributed by atoms with Gasteiger partial charge in [-0.2, -0.15) is 0 Å². The van der Waals surface area contributed by atoms with E-state index in [-0.39, 0.29) is 5.91 Å². The van der Waals surface area contributed by atoms with Crippen LogP contribution in [0, 0.1) is 13.8 Å². The normalized spacial score (nSPS) is 10.9. The van der Waals surface area contributed by atoms with Crippen molar-refractivity contribution in [3.8, 4) is 0 Å². The molecule has 5 nitrogen and oxygen atoms in total. The van der Waals surface area contributed by atoms with Gasteiger partial charge in [-0.25, -0.2) is 9.97 Å². The third kappa shape index (κ3) is 3.68. The van der Waals surface area contributed by atoms with Crippen molar-refractivity contribution in [3.63, 3.8) is 0 Å². The van der Waals surface area contributed by atoms with E-state index in [2.05, 4.69) is 34.1 Å². The summed E-state index contributed by atoms with van der Waals surface area (Å²) in [7, 11) is 0. The van der Waals surface area contributed by atoms with Gasteiger partial charge in [-0.15, -0.1) is 23.1 Å². The molecule has 1 amide bonds. The maximum atomic E-state index is 12.0. The maximum Gasteiger partial charge on any atom is 0.225 e. The van der Waals surface area contributed by atoms with Gasteiger partial charge in [0.25, 0.3) is 0 Å². The number of fused-ring (bicyclic) bond motifs is 1. The lowest BCUT2D eigenvalue weighted by Crippen LogP contribution is -2.12. The Morgan fingerprint density at radius 3 is 3.00 bits per heavy atom. The molecule has 0 aliphatic rings. The fourth-order valence-electron chi connectivity index (χ4n) is 2.16. The number of nitrogens with one attached hydrogen (secondary N) is 1. The molecule has 3 rings (SSSR count). The lowest BCUT2D eigenvalue weighted by Gasteiger charge is -2.05. The first kappa shape index (κ1) is 15.9. The number of hydrogen-bond donors (Lipinski definition) is 1. The van der Waals surface area contributed by atoms with E-state index in [1.54, 1.807) is 47.9 Å². The molecule has 0 aromatic carbocycles. The number of carbonyl (C=O) groups is 1. The summed E-state index contributed by atoms with van der Waals surface area (Å²) in [5.74, 6) is 0.654. The number of thiophene rings is 1. The van der Waals surface area contributed by atoms with Crippen LogP contribution in [0.15, 0.2) is 35.9 Å². The highest BCUT2D eigenvalue weighted by atomic mass is 32.2. The Hall–Kier alpha value is -1.99. The highest BCUT2D eigenvalue weighted by Gasteiger charge is 2.12. The van der Waals surface area contributed by atoms with Crippen LogP contribution in [0.25, 0.3) is 10.2 Å². The van der Waals surface area contributed by atoms with Crippen LogP contribution in [0.2, 0.25) is 0 Å². The molecule has 0 bridgehead atoms. The summed E-state index contributed by atoms with van der Waals surface area (Å²) in [6.45, 7) is 4.19. The van der Waals surface area contributed by atoms with Crippen molar-refractivity contribution in [2.24, 2.45) is 0 Å². The quantitative estimate of drug-likeness (QED) is 0.563. The molecule has 0 aliphatic heterocycles. The number of rotatable bonds is 5. The molecule has 23 heavy (non-hydrogen) atoms. The Labute approximate surface area is 142 Å². The van der Waals surface area contributed by atoms with Crippen LogP contribution in [-0.4, -0.2) is 26.6 Å². The minimum Gasteiger partial charge on any atom is -0.325 e. The number of hydrogen-bond acceptors (Lipinski definition) is 6. The molecule has 1 N–H and O–H groups in total. The van der Waals surface area contributed by atoms with Crippen molar-refractivity contribution in [1.82, 2.24) is 15.0 Å². The maximum absolute atomic E-state index is 12.0. The van der Waals surface area contributed by atoms with Gasteiger partial charge >= 0.3 is 0 Å². The van der Waals surface area contributed by atoms with Crippen LogP contribution < -0.4 is 5.32 Å². The van der Waals surface area contributed by atoms with E-state index in [9.17, 15) is 4.79 Å². The molecule has 0 saturated heterocycles. The minimum absolute atomic E-state index is 0.0194. The van der Waals surface area contributed by atoms with Crippen molar-refractivity contribution in [2.45, 2.75) is 25.3 Å². The van der Waals surface area contributed by atoms with E-state index in [4.69, 9.17) is 0 Å². The molecule has 0 radical (unpaired) electrons. The monoisotopic (exact) mass is 344 g/mol. The number of amides is 1. The number of pyridine rings is 1. The van der Waals surface area contributed by atoms with Gasteiger partial charge in [-0.1, -0.05) is 0 Å². The predicted molar refractivity (Wildman–Crippen MR) is 95.1 cm³/mol. The summed E-state index contributed by atoms with van der Waals surface area (Å²) in [4.78, 5) is 26.9. The second-order valence-corrected chi connectivity index (χ2v) is 7.32. The van der Waals surface area contributed by atoms with E-state index in [0.29, 0.717) is 12.2 Å². The highest BCUT2D eigenvalue weighted by Crippen LogP contribution is 2.34. The van der Waals surface area contributed by atoms with Crippen LogP contribution in [-0.2, 0) is 4.79 Å². The van der Waals surface area contributed by atoms with Crippen LogP contribution in [0.4, 0.5) is 5.69 Å². The molecule has 0 unspecified atom stereocenters. The Kier molecular flexibility index (Phi) is 4.88. The predicted octanol–water partition coefficient (Wildman–Crippen LogP) is 3.82. The molecule has 3 aromatic rings. The zero-order chi connectivity index (χ0) is 16.2. The van der Waals surface area contributed by atoms with Gasteiger partial charge in [-0.3, -0.25) is 9.78 Å². The van der Waals surface area contributed by atoms with Crippen molar-refractivity contribution in [1.29, 1.82) is 0 Å². The number of nitrogens with zero attached hydrogens (tertiary/aromatic N) is 3. The SMILES string of the molecule is Cc1sc2ncnc(SCCC(=O)Nc3cccnc3)c2c1C. The zero-order valence-corrected chi connectivity index (χ0v) is 14.5. The average molecular weight is 344 g/mol. The smallest absolute Gasteiger partial charge is 0.225 e. The Bertz CT molecular complexity index is 833. The topological polar surface area (TPSA) is 67.8 Å². The Morgan fingerprint density at radius 1 is 1.35 bits per heavy atom. The summed E-state index contributed by atoms with van der Waals surface area (Å²) >= 11 is 3.28. The molecular formula is C16H16N4OS2. The second kappa shape index (κ2) is 7.06. The fraction of sp³-hybridized carbons (Fsp3) is 0.250. The molecule has 0 spiro atoms. The van der Waals surface area contributed by atoms with E-state index in [1.165, 1.54) is 10.4 Å². The number of anilines is 1. The molecule has 0 atom stereocenters. The van der Waals surface area contributed by atoms with Gasteiger partial charge in [-0.05, 0) is 31.5 Å². The molecule has 3 aromatic heterocycles. The molecule has 0 fully saturated rings. The summed E-state index contributed by atoms with van der Waals surface area (Å²) in [6, 6.07) is 3.62. The largest absolute Gasteiger partial charge is 0.325 e. The lowest BCUT2D eigenvalue weighted by atomic mass is 10.2. The number of carbonyl (C=O) groups excluding carboxylic acids is 1. The summed E-state index contributed by atoms with van der Waals surface area (Å²) in [6.07, 6.45) is 5.33. The van der Waals surface area contributed by atoms with E-state index in [1.807, 2.05) is 6.07 Å². The second-order valence-electron chi connectivity index (χ2n) is 5.03. The van der Waals surface area contributed by atoms with Crippen LogP contribution in [0.5, 0.6) is 0 Å². The van der Waals surface area contributed by atoms with Crippen LogP contribution in [0.1, 0.15) is 16.9 Å². The van der Waals surface area contributed by atoms with Gasteiger partial charge in [0.1, 0.15) is 16.2 Å². The summed E-state index contributed by atoms with van der Waals surface area (Å²) in [5, 5.41) is 4.90. The van der Waals surface area contributed by atoms with E-state index < -0.39 is 0 Å². The van der Waals surface area contributed by atoms with Crippen molar-refractivity contribution >= 4 is 44.9 Å². The van der Waals surface area contributed by atoms with E-state index >= 15 is 0 Å². The Balaban J connectivity index is 1.62. The fourth-order valence-corrected chi connectivity index (χ4v) is 4.22. The zero-order valence-electron chi connectivity index (χ0n) is 12.9. The van der Waals surface area contributed by atoms with Gasteiger partial charge in [0.05, 0.1) is 11.9 Å². The molecule has 118 valence electrons. The van der Waals surface area contributed by atoms with Crippen LogP contribution >= 0.6 is 23.1 Å². The molecule has 7 heteroatoms. The third-order valence-corrected chi connectivity index (χ3v) is 5.55. The molecular weight excluding hydrogens is 328 g/mol. The first-order valence-corrected chi connectivity index (χ1v) is 8.98. The van der Waals surface area contributed by atoms with Gasteiger partial charge in [0.15, 0.2) is 0 Å². The highest BCUT2D eigenvalue weighted by molar-refractivity contribution is 7.99. The van der Waals surface area contributed by atoms with Crippen LogP contribution in [0.3, 0.4) is 0 Å². The van der Waals surface area contributed by atoms with Crippen molar-refractivity contribution in [3.05, 3.63) is 41.3 Å². The molecule has 0 saturated carbocycles. The number of thioether (sulfide) groups is 1. The average Bonchev–Trinajstić information content (AvgIpc) is 2.84.